The molecule has 1 heterocycles. The van der Waals surface area contributed by atoms with E-state index in [1.807, 2.05) is 12.1 Å². The van der Waals surface area contributed by atoms with E-state index in [0.29, 0.717) is 0 Å². The maximum absolute atomic E-state index is 5.98. The Balaban J connectivity index is 1.25. The number of rotatable bonds is 10. The molecule has 0 bridgehead atoms. The molecule has 2 aliphatic rings. The van der Waals surface area contributed by atoms with E-state index in [2.05, 4.69) is 19.1 Å². The molecule has 1 aromatic carbocycles. The van der Waals surface area contributed by atoms with Crippen molar-refractivity contribution in [2.45, 2.75) is 109 Å². The van der Waals surface area contributed by atoms with Gasteiger partial charge in [0.1, 0.15) is 0 Å². The van der Waals surface area contributed by atoms with E-state index < -0.39 is 0 Å². The Morgan fingerprint density at radius 3 is 2.18 bits per heavy atom. The molecule has 1 saturated heterocycles. The van der Waals surface area contributed by atoms with E-state index >= 15 is 0 Å². The second-order valence-electron chi connectivity index (χ2n) is 9.93. The molecule has 0 amide bonds. The van der Waals surface area contributed by atoms with Crippen LogP contribution in [0.5, 0.6) is 0 Å². The molecule has 2 fully saturated rings. The van der Waals surface area contributed by atoms with Gasteiger partial charge in [-0.05, 0) is 61.1 Å². The van der Waals surface area contributed by atoms with Crippen molar-refractivity contribution in [1.82, 2.24) is 0 Å². The third-order valence-corrected chi connectivity index (χ3v) is 11.7. The first-order valence-electron chi connectivity index (χ1n) is 12.5. The first kappa shape index (κ1) is 22.4. The largest absolute Gasteiger partial charge is 0.0843 e. The summed E-state index contributed by atoms with van der Waals surface area (Å²) in [5.41, 5.74) is 1.45. The third kappa shape index (κ3) is 7.52. The van der Waals surface area contributed by atoms with Crippen molar-refractivity contribution in [1.29, 1.82) is 0 Å². The van der Waals surface area contributed by atoms with Crippen LogP contribution in [0.4, 0.5) is 0 Å². The first-order chi connectivity index (χ1) is 13.7. The molecule has 1 aliphatic heterocycles. The zero-order valence-electron chi connectivity index (χ0n) is 18.3. The van der Waals surface area contributed by atoms with E-state index in [4.69, 9.17) is 11.6 Å². The van der Waals surface area contributed by atoms with Crippen molar-refractivity contribution in [2.24, 2.45) is 17.8 Å². The molecule has 158 valence electrons. The van der Waals surface area contributed by atoms with Gasteiger partial charge in [0, 0.05) is 13.8 Å². The van der Waals surface area contributed by atoms with Gasteiger partial charge in [-0.25, -0.2) is 0 Å². The summed E-state index contributed by atoms with van der Waals surface area (Å²) in [6.45, 7) is 2.34. The average Bonchev–Trinajstić information content (AvgIpc) is 2.74. The predicted octanol–water partition coefficient (Wildman–Crippen LogP) is 8.69. The minimum absolute atomic E-state index is 0.319. The van der Waals surface area contributed by atoms with Gasteiger partial charge in [0.2, 0.25) is 0 Å². The van der Waals surface area contributed by atoms with Gasteiger partial charge in [-0.15, -0.1) is 0 Å². The van der Waals surface area contributed by atoms with Crippen LogP contribution in [0.2, 0.25) is 23.2 Å². The Morgan fingerprint density at radius 1 is 0.821 bits per heavy atom. The molecule has 1 saturated carbocycles. The molecule has 0 N–H and O–H groups in total. The highest BCUT2D eigenvalue weighted by molar-refractivity contribution is 6.58. The van der Waals surface area contributed by atoms with E-state index in [1.54, 1.807) is 50.2 Å². The molecule has 1 aliphatic carbocycles. The third-order valence-electron chi connectivity index (χ3n) is 7.91. The van der Waals surface area contributed by atoms with Gasteiger partial charge >= 0.3 is 0 Å². The van der Waals surface area contributed by atoms with Crippen molar-refractivity contribution in [2.75, 3.05) is 0 Å². The lowest BCUT2D eigenvalue weighted by atomic mass is 9.73. The van der Waals surface area contributed by atoms with E-state index in [0.717, 1.165) is 22.8 Å². The summed E-state index contributed by atoms with van der Waals surface area (Å²) >= 11 is 5.98. The molecule has 0 unspecified atom stereocenters. The van der Waals surface area contributed by atoms with Crippen LogP contribution in [0.25, 0.3) is 0 Å². The van der Waals surface area contributed by atoms with Crippen molar-refractivity contribution >= 4 is 20.4 Å². The van der Waals surface area contributed by atoms with Gasteiger partial charge in [-0.3, -0.25) is 0 Å². The van der Waals surface area contributed by atoms with E-state index in [-0.39, 0.29) is 8.80 Å². The molecule has 0 radical (unpaired) electrons. The Bertz CT molecular complexity index is 524. The number of unbranched alkanes of at least 4 members (excludes halogenated alkanes) is 3. The van der Waals surface area contributed by atoms with Crippen LogP contribution in [0.1, 0.15) is 89.5 Å². The SMILES string of the molecule is CCCCC[Si@H]1CC[C@H]([C@H]2CC[C@H](CCCCc3ccc(Cl)cc3)CC2)CC1. The normalized spacial score (nSPS) is 28.4. The standard InChI is InChI=1S/C26H43ClSi/c1-2-3-6-19-28-20-17-25(18-21-28)24-13-9-22(10-14-24)7-4-5-8-23-11-15-26(27)16-12-23/h11-12,15-16,22,24-25,28H,2-10,13-14,17-21H2,1H3/t22-,24-,25-,28-. The summed E-state index contributed by atoms with van der Waals surface area (Å²) in [5, 5.41) is 0.854. The summed E-state index contributed by atoms with van der Waals surface area (Å²) in [6.07, 6.45) is 19.2. The molecular formula is C26H43ClSi. The quantitative estimate of drug-likeness (QED) is 0.263. The maximum Gasteiger partial charge on any atom is 0.0406 e. The van der Waals surface area contributed by atoms with Crippen molar-refractivity contribution in [3.05, 3.63) is 34.9 Å². The minimum Gasteiger partial charge on any atom is -0.0843 e. The summed E-state index contributed by atoms with van der Waals surface area (Å²) in [6, 6.07) is 13.4. The topological polar surface area (TPSA) is 0 Å². The second-order valence-corrected chi connectivity index (χ2v) is 13.8. The van der Waals surface area contributed by atoms with Crippen LogP contribution in [-0.4, -0.2) is 8.80 Å². The Morgan fingerprint density at radius 2 is 1.50 bits per heavy atom. The fourth-order valence-corrected chi connectivity index (χ4v) is 9.65. The van der Waals surface area contributed by atoms with E-state index in [9.17, 15) is 0 Å². The number of benzene rings is 1. The van der Waals surface area contributed by atoms with Gasteiger partial charge in [-0.2, -0.15) is 0 Å². The average molecular weight is 419 g/mol. The highest BCUT2D eigenvalue weighted by Gasteiger charge is 2.30. The monoisotopic (exact) mass is 418 g/mol. The van der Waals surface area contributed by atoms with Crippen LogP contribution in [-0.2, 0) is 6.42 Å². The first-order valence-corrected chi connectivity index (χ1v) is 15.3. The van der Waals surface area contributed by atoms with Gasteiger partial charge in [0.25, 0.3) is 0 Å². The molecule has 3 rings (SSSR count). The van der Waals surface area contributed by atoms with Crippen LogP contribution in [0, 0.1) is 17.8 Å². The maximum atomic E-state index is 5.98. The van der Waals surface area contributed by atoms with Crippen molar-refractivity contribution < 1.29 is 0 Å². The fraction of sp³-hybridized carbons (Fsp3) is 0.769. The van der Waals surface area contributed by atoms with Gasteiger partial charge < -0.3 is 0 Å². The van der Waals surface area contributed by atoms with Crippen LogP contribution in [0.3, 0.4) is 0 Å². The zero-order chi connectivity index (χ0) is 19.6. The summed E-state index contributed by atoms with van der Waals surface area (Å²) < 4.78 is 0. The molecule has 0 atom stereocenters. The summed E-state index contributed by atoms with van der Waals surface area (Å²) in [5.74, 6) is 3.23. The van der Waals surface area contributed by atoms with Gasteiger partial charge in [0.05, 0.1) is 0 Å². The molecule has 1 aromatic rings. The number of aryl methyl sites for hydroxylation is 1. The molecule has 28 heavy (non-hydrogen) atoms. The molecule has 0 spiro atoms. The summed E-state index contributed by atoms with van der Waals surface area (Å²) in [4.78, 5) is 0. The lowest BCUT2D eigenvalue weighted by molar-refractivity contribution is 0.184. The zero-order valence-corrected chi connectivity index (χ0v) is 20.2. The smallest absolute Gasteiger partial charge is 0.0406 e. The van der Waals surface area contributed by atoms with Crippen LogP contribution < -0.4 is 0 Å². The Hall–Kier alpha value is -0.273. The fourth-order valence-electron chi connectivity index (χ4n) is 5.99. The lowest BCUT2D eigenvalue weighted by Gasteiger charge is -2.37. The number of hydrogen-bond donors (Lipinski definition) is 0. The van der Waals surface area contributed by atoms with Gasteiger partial charge in [0.15, 0.2) is 0 Å². The highest BCUT2D eigenvalue weighted by Crippen LogP contribution is 2.42. The minimum atomic E-state index is -0.319. The number of hydrogen-bond acceptors (Lipinski definition) is 0. The highest BCUT2D eigenvalue weighted by atomic mass is 35.5. The Labute approximate surface area is 181 Å². The molecule has 0 nitrogen and oxygen atoms in total. The van der Waals surface area contributed by atoms with E-state index in [1.165, 1.54) is 56.9 Å². The Kier molecular flexibility index (Phi) is 9.95. The second kappa shape index (κ2) is 12.4. The summed E-state index contributed by atoms with van der Waals surface area (Å²) in [7, 11) is -0.319. The van der Waals surface area contributed by atoms with Crippen LogP contribution in [0.15, 0.2) is 24.3 Å². The van der Waals surface area contributed by atoms with Crippen LogP contribution >= 0.6 is 11.6 Å². The predicted molar refractivity (Wildman–Crippen MR) is 128 cm³/mol. The van der Waals surface area contributed by atoms with Gasteiger partial charge in [-0.1, -0.05) is 107 Å². The lowest BCUT2D eigenvalue weighted by Crippen LogP contribution is -2.28. The molecule has 2 heteroatoms. The van der Waals surface area contributed by atoms with Crippen molar-refractivity contribution in [3.8, 4) is 0 Å². The molecular weight excluding hydrogens is 376 g/mol. The van der Waals surface area contributed by atoms with Crippen molar-refractivity contribution in [3.63, 3.8) is 0 Å². The number of halogens is 1. The molecule has 0 aromatic heterocycles.